The van der Waals surface area contributed by atoms with Crippen LogP contribution in [-0.4, -0.2) is 21.2 Å². The van der Waals surface area contributed by atoms with Crippen molar-refractivity contribution >= 4 is 33.5 Å². The fourth-order valence-electron chi connectivity index (χ4n) is 1.24. The Bertz CT molecular complexity index is 525. The smallest absolute Gasteiger partial charge is 0.305 e. The van der Waals surface area contributed by atoms with Crippen LogP contribution in [0.15, 0.2) is 29.1 Å². The van der Waals surface area contributed by atoms with E-state index in [2.05, 4.69) is 41.7 Å². The molecule has 2 amide bonds. The number of carbonyl (C=O) groups excluding carboxylic acids is 1. The fourth-order valence-corrected chi connectivity index (χ4v) is 1.56. The maximum absolute atomic E-state index is 11.6. The molecule has 2 aromatic rings. The van der Waals surface area contributed by atoms with Gasteiger partial charge in [0.1, 0.15) is 10.4 Å². The zero-order valence-electron chi connectivity index (χ0n) is 8.99. The van der Waals surface area contributed by atoms with Crippen LogP contribution in [0.25, 0.3) is 0 Å². The Morgan fingerprint density at radius 3 is 3.00 bits per heavy atom. The molecule has 0 aliphatic rings. The number of halogens is 1. The molecule has 2 heterocycles. The van der Waals surface area contributed by atoms with E-state index in [0.29, 0.717) is 16.1 Å². The summed E-state index contributed by atoms with van der Waals surface area (Å²) in [6.07, 6.45) is 3.27. The van der Waals surface area contributed by atoms with Crippen LogP contribution in [-0.2, 0) is 0 Å². The average molecular weight is 296 g/mol. The molecule has 6 nitrogen and oxygen atoms in total. The lowest BCUT2D eigenvalue weighted by Gasteiger charge is -2.07. The SMILES string of the molecule is Cc1cnc(Br)c(NC(=O)Nc2ccn[nH]2)c1. The predicted molar refractivity (Wildman–Crippen MR) is 67.9 cm³/mol. The molecular formula is C10H10BrN5O. The summed E-state index contributed by atoms with van der Waals surface area (Å²) in [5.74, 6) is 0.527. The zero-order chi connectivity index (χ0) is 12.3. The van der Waals surface area contributed by atoms with Gasteiger partial charge in [0.2, 0.25) is 0 Å². The van der Waals surface area contributed by atoms with E-state index in [9.17, 15) is 4.79 Å². The third-order valence-corrected chi connectivity index (χ3v) is 2.60. The lowest BCUT2D eigenvalue weighted by atomic mass is 10.3. The Balaban J connectivity index is 2.05. The molecule has 0 atom stereocenters. The highest BCUT2D eigenvalue weighted by molar-refractivity contribution is 9.10. The Hall–Kier alpha value is -1.89. The molecule has 0 saturated heterocycles. The van der Waals surface area contributed by atoms with Crippen LogP contribution < -0.4 is 10.6 Å². The van der Waals surface area contributed by atoms with Gasteiger partial charge in [-0.25, -0.2) is 9.78 Å². The molecule has 0 radical (unpaired) electrons. The number of amides is 2. The van der Waals surface area contributed by atoms with Crippen molar-refractivity contribution in [3.63, 3.8) is 0 Å². The summed E-state index contributed by atoms with van der Waals surface area (Å²) in [5.41, 5.74) is 1.58. The number of nitrogens with zero attached hydrogens (tertiary/aromatic N) is 2. The van der Waals surface area contributed by atoms with Crippen molar-refractivity contribution in [2.45, 2.75) is 6.92 Å². The van der Waals surface area contributed by atoms with Crippen molar-refractivity contribution < 1.29 is 4.79 Å². The van der Waals surface area contributed by atoms with E-state index in [1.807, 2.05) is 13.0 Å². The molecule has 0 spiro atoms. The number of pyridine rings is 1. The minimum atomic E-state index is -0.359. The Morgan fingerprint density at radius 1 is 1.47 bits per heavy atom. The van der Waals surface area contributed by atoms with Crippen LogP contribution in [0.4, 0.5) is 16.3 Å². The first kappa shape index (κ1) is 11.6. The second kappa shape index (κ2) is 4.96. The standard InChI is InChI=1S/C10H10BrN5O/c1-6-4-7(9(11)12-5-6)14-10(17)15-8-2-3-13-16-8/h2-5H,1H3,(H3,13,14,15,16,17). The average Bonchev–Trinajstić information content (AvgIpc) is 2.76. The number of rotatable bonds is 2. The molecule has 0 aliphatic carbocycles. The van der Waals surface area contributed by atoms with E-state index in [1.54, 1.807) is 18.5 Å². The second-order valence-electron chi connectivity index (χ2n) is 3.40. The molecule has 0 aliphatic heterocycles. The van der Waals surface area contributed by atoms with Crippen LogP contribution in [0.1, 0.15) is 5.56 Å². The van der Waals surface area contributed by atoms with Crippen molar-refractivity contribution in [1.29, 1.82) is 0 Å². The van der Waals surface area contributed by atoms with Crippen LogP contribution in [0.5, 0.6) is 0 Å². The van der Waals surface area contributed by atoms with Gasteiger partial charge < -0.3 is 5.32 Å². The lowest BCUT2D eigenvalue weighted by molar-refractivity contribution is 0.262. The highest BCUT2D eigenvalue weighted by atomic mass is 79.9. The molecular weight excluding hydrogens is 286 g/mol. The minimum Gasteiger partial charge on any atom is -0.305 e. The van der Waals surface area contributed by atoms with Gasteiger partial charge in [-0.3, -0.25) is 10.4 Å². The van der Waals surface area contributed by atoms with E-state index in [0.717, 1.165) is 5.56 Å². The number of nitrogens with one attached hydrogen (secondary N) is 3. The van der Waals surface area contributed by atoms with Crippen LogP contribution in [0, 0.1) is 6.92 Å². The Kier molecular flexibility index (Phi) is 3.38. The molecule has 17 heavy (non-hydrogen) atoms. The normalized spacial score (nSPS) is 10.0. The van der Waals surface area contributed by atoms with Gasteiger partial charge in [0.05, 0.1) is 11.9 Å². The number of aromatic nitrogens is 3. The number of hydrogen-bond donors (Lipinski definition) is 3. The minimum absolute atomic E-state index is 0.359. The number of urea groups is 1. The first-order chi connectivity index (χ1) is 8.15. The molecule has 0 bridgehead atoms. The first-order valence-corrected chi connectivity index (χ1v) is 5.64. The van der Waals surface area contributed by atoms with Gasteiger partial charge in [-0.05, 0) is 34.5 Å². The number of anilines is 2. The summed E-state index contributed by atoms with van der Waals surface area (Å²) in [4.78, 5) is 15.7. The number of carbonyl (C=O) groups is 1. The van der Waals surface area contributed by atoms with Gasteiger partial charge in [-0.15, -0.1) is 0 Å². The maximum Gasteiger partial charge on any atom is 0.324 e. The number of H-pyrrole nitrogens is 1. The second-order valence-corrected chi connectivity index (χ2v) is 4.15. The zero-order valence-corrected chi connectivity index (χ0v) is 10.6. The molecule has 0 fully saturated rings. The topological polar surface area (TPSA) is 82.7 Å². The molecule has 0 unspecified atom stereocenters. The van der Waals surface area contributed by atoms with Crippen molar-refractivity contribution in [3.05, 3.63) is 34.7 Å². The monoisotopic (exact) mass is 295 g/mol. The molecule has 2 rings (SSSR count). The van der Waals surface area contributed by atoms with Gasteiger partial charge >= 0.3 is 6.03 Å². The Labute approximate surface area is 106 Å². The van der Waals surface area contributed by atoms with Crippen molar-refractivity contribution in [2.75, 3.05) is 10.6 Å². The lowest BCUT2D eigenvalue weighted by Crippen LogP contribution is -2.20. The summed E-state index contributed by atoms with van der Waals surface area (Å²) >= 11 is 3.26. The largest absolute Gasteiger partial charge is 0.324 e. The number of hydrogen-bond acceptors (Lipinski definition) is 3. The highest BCUT2D eigenvalue weighted by Crippen LogP contribution is 2.20. The summed E-state index contributed by atoms with van der Waals surface area (Å²) in [5, 5.41) is 11.6. The fraction of sp³-hybridized carbons (Fsp3) is 0.100. The van der Waals surface area contributed by atoms with Crippen molar-refractivity contribution in [3.8, 4) is 0 Å². The molecule has 88 valence electrons. The summed E-state index contributed by atoms with van der Waals surface area (Å²) in [6.45, 7) is 1.90. The molecule has 3 N–H and O–H groups in total. The first-order valence-electron chi connectivity index (χ1n) is 4.84. The van der Waals surface area contributed by atoms with E-state index in [-0.39, 0.29) is 6.03 Å². The van der Waals surface area contributed by atoms with E-state index in [4.69, 9.17) is 0 Å². The van der Waals surface area contributed by atoms with Crippen LogP contribution in [0.2, 0.25) is 0 Å². The molecule has 2 aromatic heterocycles. The van der Waals surface area contributed by atoms with Gasteiger partial charge in [0, 0.05) is 12.3 Å². The van der Waals surface area contributed by atoms with Gasteiger partial charge in [-0.2, -0.15) is 5.10 Å². The third kappa shape index (κ3) is 3.04. The number of aryl methyl sites for hydroxylation is 1. The quantitative estimate of drug-likeness (QED) is 0.745. The predicted octanol–water partition coefficient (Wildman–Crippen LogP) is 2.52. The molecule has 0 saturated carbocycles. The van der Waals surface area contributed by atoms with Crippen LogP contribution in [0.3, 0.4) is 0 Å². The van der Waals surface area contributed by atoms with Gasteiger partial charge in [0.15, 0.2) is 0 Å². The summed E-state index contributed by atoms with van der Waals surface area (Å²) in [7, 11) is 0. The van der Waals surface area contributed by atoms with Gasteiger partial charge in [-0.1, -0.05) is 0 Å². The van der Waals surface area contributed by atoms with Crippen molar-refractivity contribution in [1.82, 2.24) is 15.2 Å². The number of aromatic amines is 1. The van der Waals surface area contributed by atoms with E-state index >= 15 is 0 Å². The van der Waals surface area contributed by atoms with Gasteiger partial charge in [0.25, 0.3) is 0 Å². The summed E-state index contributed by atoms with van der Waals surface area (Å²) in [6, 6.07) is 3.12. The van der Waals surface area contributed by atoms with E-state index in [1.165, 1.54) is 0 Å². The molecule has 0 aromatic carbocycles. The summed E-state index contributed by atoms with van der Waals surface area (Å²) < 4.78 is 0.586. The highest BCUT2D eigenvalue weighted by Gasteiger charge is 2.07. The van der Waals surface area contributed by atoms with E-state index < -0.39 is 0 Å². The van der Waals surface area contributed by atoms with Crippen LogP contribution >= 0.6 is 15.9 Å². The maximum atomic E-state index is 11.6. The molecule has 7 heteroatoms. The van der Waals surface area contributed by atoms with Crippen molar-refractivity contribution in [2.24, 2.45) is 0 Å². The Morgan fingerprint density at radius 2 is 2.29 bits per heavy atom. The third-order valence-electron chi connectivity index (χ3n) is 1.97.